The number of halogens is 1. The first-order valence-corrected chi connectivity index (χ1v) is 7.69. The molecule has 1 heterocycles. The van der Waals surface area contributed by atoms with Crippen molar-refractivity contribution >= 4 is 21.6 Å². The Morgan fingerprint density at radius 3 is 2.05 bits per heavy atom. The normalized spacial score (nSPS) is 12.8. The number of rotatable bonds is 2. The van der Waals surface area contributed by atoms with Crippen molar-refractivity contribution in [2.45, 2.75) is 6.04 Å². The van der Waals surface area contributed by atoms with Crippen LogP contribution in [-0.4, -0.2) is 4.98 Å². The van der Waals surface area contributed by atoms with Gasteiger partial charge in [0.15, 0.2) is 0 Å². The Labute approximate surface area is 132 Å². The third kappa shape index (κ3) is 2.05. The lowest BCUT2D eigenvalue weighted by atomic mass is 10.1. The van der Waals surface area contributed by atoms with Crippen molar-refractivity contribution in [2.24, 2.45) is 0 Å². The van der Waals surface area contributed by atoms with Crippen molar-refractivity contribution < 1.29 is 0 Å². The van der Waals surface area contributed by atoms with Gasteiger partial charge in [0.05, 0.1) is 11.7 Å². The molecule has 21 heavy (non-hydrogen) atoms. The maximum atomic E-state index is 4.29. The van der Waals surface area contributed by atoms with Gasteiger partial charge in [-0.15, -0.1) is 0 Å². The predicted molar refractivity (Wildman–Crippen MR) is 89.3 cm³/mol. The van der Waals surface area contributed by atoms with Crippen molar-refractivity contribution in [3.8, 4) is 11.1 Å². The molecule has 1 aliphatic rings. The van der Waals surface area contributed by atoms with Gasteiger partial charge in [-0.1, -0.05) is 48.5 Å². The fraction of sp³-hybridized carbons (Fsp3) is 0.0556. The van der Waals surface area contributed by atoms with Gasteiger partial charge < -0.3 is 5.32 Å². The monoisotopic (exact) mass is 336 g/mol. The Bertz CT molecular complexity index is 768. The zero-order valence-corrected chi connectivity index (χ0v) is 12.8. The minimum atomic E-state index is 0.165. The molecule has 0 saturated carbocycles. The van der Waals surface area contributed by atoms with E-state index in [-0.39, 0.29) is 6.04 Å². The van der Waals surface area contributed by atoms with Crippen molar-refractivity contribution in [1.29, 1.82) is 0 Å². The fourth-order valence-electron chi connectivity index (χ4n) is 2.96. The number of anilines is 1. The first-order chi connectivity index (χ1) is 10.3. The Kier molecular flexibility index (Phi) is 3.00. The molecule has 4 rings (SSSR count). The molecular weight excluding hydrogens is 324 g/mol. The van der Waals surface area contributed by atoms with Gasteiger partial charge in [-0.3, -0.25) is 0 Å². The summed E-state index contributed by atoms with van der Waals surface area (Å²) < 4.78 is 0.840. The molecule has 3 heteroatoms. The summed E-state index contributed by atoms with van der Waals surface area (Å²) in [5, 5.41) is 3.61. The smallest absolute Gasteiger partial charge is 0.129 e. The molecule has 2 nitrogen and oxygen atoms in total. The Balaban J connectivity index is 1.84. The van der Waals surface area contributed by atoms with E-state index in [1.807, 2.05) is 12.1 Å². The largest absolute Gasteiger partial charge is 0.372 e. The molecule has 2 aromatic carbocycles. The summed E-state index contributed by atoms with van der Waals surface area (Å²) in [6.45, 7) is 0. The molecule has 1 N–H and O–H groups in total. The van der Waals surface area contributed by atoms with Crippen LogP contribution < -0.4 is 5.32 Å². The molecule has 0 unspecified atom stereocenters. The van der Waals surface area contributed by atoms with Crippen LogP contribution in [0.15, 0.2) is 71.5 Å². The van der Waals surface area contributed by atoms with Gasteiger partial charge in [0.2, 0.25) is 0 Å². The van der Waals surface area contributed by atoms with E-state index >= 15 is 0 Å². The van der Waals surface area contributed by atoms with Crippen LogP contribution in [0.3, 0.4) is 0 Å². The van der Waals surface area contributed by atoms with E-state index in [0.29, 0.717) is 0 Å². The van der Waals surface area contributed by atoms with Crippen LogP contribution in [-0.2, 0) is 0 Å². The number of hydrogen-bond acceptors (Lipinski definition) is 2. The van der Waals surface area contributed by atoms with E-state index in [2.05, 4.69) is 74.8 Å². The van der Waals surface area contributed by atoms with Crippen LogP contribution in [0, 0.1) is 0 Å². The molecule has 0 atom stereocenters. The van der Waals surface area contributed by atoms with E-state index in [1.165, 1.54) is 22.3 Å². The molecule has 1 aliphatic carbocycles. The highest BCUT2D eigenvalue weighted by Crippen LogP contribution is 2.44. The average Bonchev–Trinajstić information content (AvgIpc) is 2.85. The summed E-state index contributed by atoms with van der Waals surface area (Å²) in [5.74, 6) is 0. The minimum absolute atomic E-state index is 0.165. The van der Waals surface area contributed by atoms with Crippen molar-refractivity contribution in [3.05, 3.63) is 82.6 Å². The summed E-state index contributed by atoms with van der Waals surface area (Å²) in [6, 6.07) is 21.3. The van der Waals surface area contributed by atoms with Gasteiger partial charge >= 0.3 is 0 Å². The molecule has 102 valence electrons. The van der Waals surface area contributed by atoms with Crippen LogP contribution in [0.5, 0.6) is 0 Å². The number of nitrogens with one attached hydrogen (secondary N) is 1. The van der Waals surface area contributed by atoms with Gasteiger partial charge in [0, 0.05) is 6.20 Å². The van der Waals surface area contributed by atoms with E-state index in [0.717, 1.165) is 10.3 Å². The average molecular weight is 337 g/mol. The van der Waals surface area contributed by atoms with E-state index < -0.39 is 0 Å². The van der Waals surface area contributed by atoms with Gasteiger partial charge in [-0.05, 0) is 50.3 Å². The molecule has 0 bridgehead atoms. The van der Waals surface area contributed by atoms with Crippen molar-refractivity contribution in [2.75, 3.05) is 5.32 Å². The summed E-state index contributed by atoms with van der Waals surface area (Å²) in [7, 11) is 0. The lowest BCUT2D eigenvalue weighted by Crippen LogP contribution is -2.09. The maximum absolute atomic E-state index is 4.29. The van der Waals surface area contributed by atoms with E-state index in [1.54, 1.807) is 6.20 Å². The Morgan fingerprint density at radius 1 is 0.810 bits per heavy atom. The zero-order valence-electron chi connectivity index (χ0n) is 11.3. The summed E-state index contributed by atoms with van der Waals surface area (Å²) >= 11 is 3.51. The molecule has 1 aromatic heterocycles. The molecule has 0 radical (unpaired) electrons. The Morgan fingerprint density at radius 2 is 1.43 bits per heavy atom. The maximum Gasteiger partial charge on any atom is 0.129 e. The quantitative estimate of drug-likeness (QED) is 0.664. The zero-order chi connectivity index (χ0) is 14.2. The van der Waals surface area contributed by atoms with Crippen molar-refractivity contribution in [3.63, 3.8) is 0 Å². The molecule has 3 aromatic rings. The first kappa shape index (κ1) is 12.6. The molecule has 0 spiro atoms. The molecule has 0 saturated heterocycles. The van der Waals surface area contributed by atoms with Gasteiger partial charge in [-0.2, -0.15) is 0 Å². The third-order valence-corrected chi connectivity index (χ3v) is 4.52. The second-order valence-corrected chi connectivity index (χ2v) is 5.84. The minimum Gasteiger partial charge on any atom is -0.372 e. The summed E-state index contributed by atoms with van der Waals surface area (Å²) in [5.41, 5.74) is 6.26. The second-order valence-electron chi connectivity index (χ2n) is 5.09. The van der Waals surface area contributed by atoms with Crippen LogP contribution in [0.4, 0.5) is 5.69 Å². The van der Waals surface area contributed by atoms with Gasteiger partial charge in [0.1, 0.15) is 4.60 Å². The SMILES string of the molecule is Brc1ncccc1NC1c2ccccc2-c2ccccc21. The number of benzene rings is 2. The number of aromatic nitrogens is 1. The number of fused-ring (bicyclic) bond motifs is 3. The molecular formula is C18H13BrN2. The van der Waals surface area contributed by atoms with Crippen LogP contribution >= 0.6 is 15.9 Å². The second kappa shape index (κ2) is 5.01. The lowest BCUT2D eigenvalue weighted by molar-refractivity contribution is 0.967. The number of pyridine rings is 1. The standard InChI is InChI=1S/C18H13BrN2/c19-18-16(10-5-11-20-18)21-17-14-8-3-1-6-12(14)13-7-2-4-9-15(13)17/h1-11,17,21H. The first-order valence-electron chi connectivity index (χ1n) is 6.90. The number of hydrogen-bond donors (Lipinski definition) is 1. The van der Waals surface area contributed by atoms with Crippen LogP contribution in [0.1, 0.15) is 17.2 Å². The predicted octanol–water partition coefficient (Wildman–Crippen LogP) is 5.03. The van der Waals surface area contributed by atoms with Gasteiger partial charge in [0.25, 0.3) is 0 Å². The van der Waals surface area contributed by atoms with Crippen LogP contribution in [0.25, 0.3) is 11.1 Å². The van der Waals surface area contributed by atoms with Crippen LogP contribution in [0.2, 0.25) is 0 Å². The lowest BCUT2D eigenvalue weighted by Gasteiger charge is -2.17. The molecule has 0 amide bonds. The Hall–Kier alpha value is -2.13. The molecule has 0 fully saturated rings. The van der Waals surface area contributed by atoms with Crippen molar-refractivity contribution in [1.82, 2.24) is 4.98 Å². The summed E-state index contributed by atoms with van der Waals surface area (Å²) in [4.78, 5) is 4.29. The third-order valence-electron chi connectivity index (χ3n) is 3.89. The van der Waals surface area contributed by atoms with E-state index in [4.69, 9.17) is 0 Å². The van der Waals surface area contributed by atoms with Gasteiger partial charge in [-0.25, -0.2) is 4.98 Å². The fourth-order valence-corrected chi connectivity index (χ4v) is 3.33. The highest BCUT2D eigenvalue weighted by atomic mass is 79.9. The highest BCUT2D eigenvalue weighted by molar-refractivity contribution is 9.10. The summed E-state index contributed by atoms with van der Waals surface area (Å²) in [6.07, 6.45) is 1.78. The van der Waals surface area contributed by atoms with E-state index in [9.17, 15) is 0 Å². The topological polar surface area (TPSA) is 24.9 Å². The number of nitrogens with zero attached hydrogens (tertiary/aromatic N) is 1. The highest BCUT2D eigenvalue weighted by Gasteiger charge is 2.28. The molecule has 0 aliphatic heterocycles.